The SMILES string of the molecule is O=C(NCCN1CCCC1)C1=CN2C3CC(Cl)CCC3OC3C(F)C(N4CCNCC4)CC(C1=O)C32. The van der Waals surface area contributed by atoms with Crippen molar-refractivity contribution in [2.45, 2.75) is 80.4 Å². The Morgan fingerprint density at radius 1 is 1.14 bits per heavy atom. The van der Waals surface area contributed by atoms with Crippen molar-refractivity contribution in [3.05, 3.63) is 11.8 Å². The van der Waals surface area contributed by atoms with Crippen LogP contribution in [-0.2, 0) is 14.3 Å². The number of carbonyl (C=O) groups excluding carboxylic acids is 2. The molecule has 1 amide bonds. The van der Waals surface area contributed by atoms with Crippen LogP contribution in [0.25, 0.3) is 0 Å². The lowest BCUT2D eigenvalue weighted by Gasteiger charge is -2.59. The molecule has 6 rings (SSSR count). The molecule has 5 fully saturated rings. The average molecular weight is 524 g/mol. The van der Waals surface area contributed by atoms with Gasteiger partial charge in [0.05, 0.1) is 23.8 Å². The molecule has 2 aliphatic carbocycles. The molecule has 4 heterocycles. The minimum atomic E-state index is -1.17. The Morgan fingerprint density at radius 3 is 2.69 bits per heavy atom. The number of fused-ring (bicyclic) bond motifs is 2. The van der Waals surface area contributed by atoms with Crippen LogP contribution in [0.2, 0.25) is 0 Å². The summed E-state index contributed by atoms with van der Waals surface area (Å²) in [6.45, 7) is 6.60. The van der Waals surface area contributed by atoms with Crippen molar-refractivity contribution in [2.24, 2.45) is 5.92 Å². The molecule has 8 nitrogen and oxygen atoms in total. The monoisotopic (exact) mass is 523 g/mol. The molecule has 3 saturated heterocycles. The number of carbonyl (C=O) groups is 2. The standard InChI is InChI=1S/C26H39ClFN5O3/c27-16-3-4-21-19(13-16)33-15-18(26(35)30-7-10-31-8-1-2-9-31)24(34)17-14-20(32-11-5-29-6-12-32)22(28)25(36-21)23(17)33/h15-17,19-23,25,29H,1-14H2,(H,30,35). The highest BCUT2D eigenvalue weighted by Crippen LogP contribution is 2.47. The highest BCUT2D eigenvalue weighted by molar-refractivity contribution is 6.21. The van der Waals surface area contributed by atoms with Crippen LogP contribution in [0.5, 0.6) is 0 Å². The van der Waals surface area contributed by atoms with E-state index in [-0.39, 0.29) is 46.9 Å². The zero-order chi connectivity index (χ0) is 24.8. The molecule has 2 N–H and O–H groups in total. The first-order valence-corrected chi connectivity index (χ1v) is 14.4. The number of Topliss-reactive ketones (excluding diaryl/α,β-unsaturated/α-hetero) is 1. The van der Waals surface area contributed by atoms with E-state index in [0.29, 0.717) is 13.0 Å². The van der Waals surface area contributed by atoms with E-state index in [9.17, 15) is 9.59 Å². The Morgan fingerprint density at radius 2 is 1.92 bits per heavy atom. The molecule has 6 aliphatic rings. The lowest BCUT2D eigenvalue weighted by molar-refractivity contribution is -0.210. The molecule has 2 saturated carbocycles. The number of halogens is 2. The first-order valence-electron chi connectivity index (χ1n) is 13.9. The zero-order valence-corrected chi connectivity index (χ0v) is 21.7. The minimum Gasteiger partial charge on any atom is -0.368 e. The van der Waals surface area contributed by atoms with Crippen molar-refractivity contribution in [1.29, 1.82) is 0 Å². The molecular formula is C26H39ClFN5O3. The summed E-state index contributed by atoms with van der Waals surface area (Å²) in [5.41, 5.74) is 0.213. The van der Waals surface area contributed by atoms with Crippen molar-refractivity contribution in [3.8, 4) is 0 Å². The molecule has 0 aromatic rings. The Hall–Kier alpha value is -1.26. The number of hydrogen-bond donors (Lipinski definition) is 2. The van der Waals surface area contributed by atoms with Crippen LogP contribution in [0.1, 0.15) is 38.5 Å². The molecule has 8 unspecified atom stereocenters. The van der Waals surface area contributed by atoms with E-state index in [0.717, 1.165) is 65.1 Å². The van der Waals surface area contributed by atoms with Crippen LogP contribution in [0.15, 0.2) is 11.8 Å². The predicted octanol–water partition coefficient (Wildman–Crippen LogP) is 0.895. The summed E-state index contributed by atoms with van der Waals surface area (Å²) in [5.74, 6) is -0.924. The van der Waals surface area contributed by atoms with Crippen molar-refractivity contribution < 1.29 is 18.7 Å². The summed E-state index contributed by atoms with van der Waals surface area (Å²) in [5, 5.41) is 6.35. The maximum absolute atomic E-state index is 16.2. The Labute approximate surface area is 217 Å². The summed E-state index contributed by atoms with van der Waals surface area (Å²) >= 11 is 6.56. The number of likely N-dealkylation sites (tertiary alicyclic amines) is 1. The average Bonchev–Trinajstić information content (AvgIpc) is 3.41. The van der Waals surface area contributed by atoms with E-state index in [1.807, 2.05) is 0 Å². The van der Waals surface area contributed by atoms with Crippen molar-refractivity contribution in [3.63, 3.8) is 0 Å². The van der Waals surface area contributed by atoms with Crippen LogP contribution < -0.4 is 10.6 Å². The molecule has 200 valence electrons. The van der Waals surface area contributed by atoms with E-state index in [4.69, 9.17) is 16.3 Å². The fourth-order valence-corrected chi connectivity index (χ4v) is 7.79. The third-order valence-corrected chi connectivity index (χ3v) is 9.73. The van der Waals surface area contributed by atoms with Gasteiger partial charge in [-0.15, -0.1) is 11.6 Å². The lowest BCUT2D eigenvalue weighted by Crippen LogP contribution is -2.72. The molecule has 10 heteroatoms. The molecule has 4 aliphatic heterocycles. The van der Waals surface area contributed by atoms with Crippen LogP contribution >= 0.6 is 11.6 Å². The van der Waals surface area contributed by atoms with Gasteiger partial charge in [-0.25, -0.2) is 4.39 Å². The van der Waals surface area contributed by atoms with E-state index >= 15 is 4.39 Å². The third-order valence-electron chi connectivity index (χ3n) is 9.33. The van der Waals surface area contributed by atoms with Crippen molar-refractivity contribution >= 4 is 23.3 Å². The Kier molecular flexibility index (Phi) is 7.29. The number of ether oxygens (including phenoxy) is 1. The summed E-state index contributed by atoms with van der Waals surface area (Å²) in [7, 11) is 0. The number of hydrogen-bond acceptors (Lipinski definition) is 7. The van der Waals surface area contributed by atoms with Gasteiger partial charge in [0.1, 0.15) is 12.3 Å². The summed E-state index contributed by atoms with van der Waals surface area (Å²) in [6, 6.07) is -0.785. The second-order valence-corrected chi connectivity index (χ2v) is 12.0. The van der Waals surface area contributed by atoms with Crippen molar-refractivity contribution in [2.75, 3.05) is 52.4 Å². The van der Waals surface area contributed by atoms with Crippen LogP contribution in [0.3, 0.4) is 0 Å². The number of nitrogens with one attached hydrogen (secondary N) is 2. The zero-order valence-electron chi connectivity index (χ0n) is 20.9. The molecule has 36 heavy (non-hydrogen) atoms. The fourth-order valence-electron chi connectivity index (χ4n) is 7.48. The Bertz CT molecular complexity index is 880. The summed E-state index contributed by atoms with van der Waals surface area (Å²) < 4.78 is 22.6. The first kappa shape index (κ1) is 25.0. The minimum absolute atomic E-state index is 0.0204. The van der Waals surface area contributed by atoms with Crippen LogP contribution in [0, 0.1) is 5.92 Å². The van der Waals surface area contributed by atoms with Gasteiger partial charge in [0.25, 0.3) is 5.91 Å². The van der Waals surface area contributed by atoms with Gasteiger partial charge in [-0.2, -0.15) is 0 Å². The summed E-state index contributed by atoms with van der Waals surface area (Å²) in [4.78, 5) is 33.7. The van der Waals surface area contributed by atoms with Gasteiger partial charge in [-0.1, -0.05) is 0 Å². The van der Waals surface area contributed by atoms with Gasteiger partial charge in [-0.05, 0) is 51.6 Å². The number of rotatable bonds is 5. The predicted molar refractivity (Wildman–Crippen MR) is 135 cm³/mol. The van der Waals surface area contributed by atoms with E-state index in [1.165, 1.54) is 12.8 Å². The van der Waals surface area contributed by atoms with E-state index in [2.05, 4.69) is 25.3 Å². The van der Waals surface area contributed by atoms with Gasteiger partial charge in [0, 0.05) is 62.8 Å². The number of morpholine rings is 1. The smallest absolute Gasteiger partial charge is 0.256 e. The lowest BCUT2D eigenvalue weighted by atomic mass is 9.69. The number of amides is 1. The van der Waals surface area contributed by atoms with Gasteiger partial charge in [0.15, 0.2) is 5.78 Å². The van der Waals surface area contributed by atoms with Gasteiger partial charge < -0.3 is 25.2 Å². The molecular weight excluding hydrogens is 485 g/mol. The number of piperazine rings is 1. The highest BCUT2D eigenvalue weighted by Gasteiger charge is 2.59. The first-order chi connectivity index (χ1) is 17.5. The molecule has 0 spiro atoms. The maximum atomic E-state index is 16.2. The third kappa shape index (κ3) is 4.59. The highest BCUT2D eigenvalue weighted by atomic mass is 35.5. The molecule has 0 bridgehead atoms. The number of nitrogens with zero attached hydrogens (tertiary/aromatic N) is 3. The normalized spacial score (nSPS) is 41.4. The maximum Gasteiger partial charge on any atom is 0.256 e. The molecule has 8 atom stereocenters. The molecule has 0 aromatic heterocycles. The number of ketones is 1. The van der Waals surface area contributed by atoms with E-state index in [1.54, 1.807) is 6.20 Å². The largest absolute Gasteiger partial charge is 0.368 e. The second kappa shape index (κ2) is 10.5. The van der Waals surface area contributed by atoms with Crippen LogP contribution in [0.4, 0.5) is 4.39 Å². The topological polar surface area (TPSA) is 77.2 Å². The Balaban J connectivity index is 1.27. The fraction of sp³-hybridized carbons (Fsp3) is 0.846. The van der Waals surface area contributed by atoms with Gasteiger partial charge >= 0.3 is 0 Å². The van der Waals surface area contributed by atoms with Gasteiger partial charge in [-0.3, -0.25) is 14.5 Å². The molecule has 0 radical (unpaired) electrons. The quantitative estimate of drug-likeness (QED) is 0.409. The summed E-state index contributed by atoms with van der Waals surface area (Å²) in [6.07, 6.45) is 4.90. The van der Waals surface area contributed by atoms with Gasteiger partial charge in [0.2, 0.25) is 0 Å². The van der Waals surface area contributed by atoms with Crippen LogP contribution in [-0.4, -0.2) is 121 Å². The van der Waals surface area contributed by atoms with Crippen molar-refractivity contribution in [1.82, 2.24) is 25.3 Å². The molecule has 0 aromatic carbocycles. The number of alkyl halides is 2. The van der Waals surface area contributed by atoms with E-state index < -0.39 is 18.2 Å². The second-order valence-electron chi connectivity index (χ2n) is 11.4.